The monoisotopic (exact) mass is 316 g/mol. The molecular formula is C7H4F3IN2O. The lowest BCUT2D eigenvalue weighted by atomic mass is 10.2. The second-order valence-corrected chi connectivity index (χ2v) is 3.44. The van der Waals surface area contributed by atoms with Crippen LogP contribution in [0.4, 0.5) is 13.2 Å². The van der Waals surface area contributed by atoms with Crippen LogP contribution in [0.3, 0.4) is 0 Å². The highest BCUT2D eigenvalue weighted by molar-refractivity contribution is 14.1. The van der Waals surface area contributed by atoms with Crippen molar-refractivity contribution < 1.29 is 18.0 Å². The number of carbonyl (C=O) groups excluding carboxylic acids is 1. The standard InChI is InChI=1S/C7H4F3IN2O/c8-5(9)3-1-2(7(12)14)4(11)6(10)13-3/h1,5H,(H2,12,14). The molecule has 76 valence electrons. The van der Waals surface area contributed by atoms with Gasteiger partial charge in [0.1, 0.15) is 5.69 Å². The fourth-order valence-corrected chi connectivity index (χ4v) is 1.35. The number of nitrogens with two attached hydrogens (primary N) is 1. The first kappa shape index (κ1) is 11.2. The summed E-state index contributed by atoms with van der Waals surface area (Å²) in [7, 11) is 0. The number of carbonyl (C=O) groups is 1. The minimum atomic E-state index is -2.93. The molecule has 3 nitrogen and oxygen atoms in total. The first-order valence-corrected chi connectivity index (χ1v) is 4.45. The summed E-state index contributed by atoms with van der Waals surface area (Å²) in [4.78, 5) is 13.7. The lowest BCUT2D eigenvalue weighted by Gasteiger charge is -2.04. The SMILES string of the molecule is NC(=O)c1cc(C(F)F)nc(F)c1I. The van der Waals surface area contributed by atoms with Crippen LogP contribution in [-0.2, 0) is 0 Å². The molecule has 0 saturated carbocycles. The van der Waals surface area contributed by atoms with E-state index in [1.807, 2.05) is 0 Å². The summed E-state index contributed by atoms with van der Waals surface area (Å²) >= 11 is 1.48. The van der Waals surface area contributed by atoms with E-state index in [0.717, 1.165) is 6.07 Å². The molecule has 1 aromatic heterocycles. The van der Waals surface area contributed by atoms with E-state index in [-0.39, 0.29) is 9.13 Å². The van der Waals surface area contributed by atoms with Crippen LogP contribution in [0.1, 0.15) is 22.5 Å². The molecular weight excluding hydrogens is 312 g/mol. The Morgan fingerprint density at radius 1 is 1.57 bits per heavy atom. The molecule has 1 aromatic rings. The smallest absolute Gasteiger partial charge is 0.280 e. The molecule has 2 N–H and O–H groups in total. The summed E-state index contributed by atoms with van der Waals surface area (Å²) in [6.45, 7) is 0. The zero-order valence-electron chi connectivity index (χ0n) is 6.60. The van der Waals surface area contributed by atoms with Crippen LogP contribution in [0, 0.1) is 9.52 Å². The van der Waals surface area contributed by atoms with Gasteiger partial charge in [0, 0.05) is 0 Å². The molecule has 0 atom stereocenters. The zero-order valence-corrected chi connectivity index (χ0v) is 8.76. The third kappa shape index (κ3) is 2.14. The molecule has 0 saturated heterocycles. The van der Waals surface area contributed by atoms with E-state index in [1.165, 1.54) is 22.6 Å². The highest BCUT2D eigenvalue weighted by atomic mass is 127. The zero-order chi connectivity index (χ0) is 10.9. The molecule has 0 aliphatic rings. The first-order chi connectivity index (χ1) is 6.43. The van der Waals surface area contributed by atoms with Crippen molar-refractivity contribution in [3.05, 3.63) is 26.8 Å². The summed E-state index contributed by atoms with van der Waals surface area (Å²) in [5.74, 6) is -2.07. The second-order valence-electron chi connectivity index (χ2n) is 2.36. The van der Waals surface area contributed by atoms with Gasteiger partial charge in [-0.05, 0) is 28.7 Å². The molecule has 7 heteroatoms. The maximum atomic E-state index is 12.9. The predicted octanol–water partition coefficient (Wildman–Crippen LogP) is 1.86. The van der Waals surface area contributed by atoms with Crippen molar-refractivity contribution in [3.8, 4) is 0 Å². The van der Waals surface area contributed by atoms with Gasteiger partial charge in [0.2, 0.25) is 11.9 Å². The van der Waals surface area contributed by atoms with Crippen LogP contribution in [0.2, 0.25) is 0 Å². The van der Waals surface area contributed by atoms with Gasteiger partial charge in [0.25, 0.3) is 6.43 Å². The quantitative estimate of drug-likeness (QED) is 0.669. The summed E-state index contributed by atoms with van der Waals surface area (Å²) in [5, 5.41) is 0. The Morgan fingerprint density at radius 3 is 2.57 bits per heavy atom. The van der Waals surface area contributed by atoms with Crippen LogP contribution in [0.15, 0.2) is 6.07 Å². The number of halogens is 4. The fourth-order valence-electron chi connectivity index (χ4n) is 0.808. The number of hydrogen-bond acceptors (Lipinski definition) is 2. The summed E-state index contributed by atoms with van der Waals surface area (Å²) in [6.07, 6.45) is -2.93. The molecule has 14 heavy (non-hydrogen) atoms. The molecule has 1 rings (SSSR count). The van der Waals surface area contributed by atoms with E-state index < -0.39 is 24.0 Å². The van der Waals surface area contributed by atoms with Crippen LogP contribution < -0.4 is 5.73 Å². The summed E-state index contributed by atoms with van der Waals surface area (Å²) < 4.78 is 37.0. The fraction of sp³-hybridized carbons (Fsp3) is 0.143. The topological polar surface area (TPSA) is 56.0 Å². The first-order valence-electron chi connectivity index (χ1n) is 3.37. The molecule has 0 fully saturated rings. The van der Waals surface area contributed by atoms with Gasteiger partial charge >= 0.3 is 0 Å². The van der Waals surface area contributed by atoms with E-state index in [9.17, 15) is 18.0 Å². The molecule has 0 spiro atoms. The van der Waals surface area contributed by atoms with E-state index in [0.29, 0.717) is 0 Å². The largest absolute Gasteiger partial charge is 0.366 e. The predicted molar refractivity (Wildman–Crippen MR) is 50.4 cm³/mol. The van der Waals surface area contributed by atoms with Crippen LogP contribution in [0.5, 0.6) is 0 Å². The summed E-state index contributed by atoms with van der Waals surface area (Å²) in [6, 6.07) is 0.790. The Bertz CT molecular complexity index is 383. The number of alkyl halides is 2. The van der Waals surface area contributed by atoms with Gasteiger partial charge in [0.15, 0.2) is 0 Å². The van der Waals surface area contributed by atoms with Gasteiger partial charge in [0.05, 0.1) is 9.13 Å². The van der Waals surface area contributed by atoms with E-state index in [4.69, 9.17) is 5.73 Å². The average Bonchev–Trinajstić information content (AvgIpc) is 2.08. The maximum absolute atomic E-state index is 12.9. The number of amides is 1. The highest BCUT2D eigenvalue weighted by Gasteiger charge is 2.18. The van der Waals surface area contributed by atoms with Gasteiger partial charge < -0.3 is 5.73 Å². The van der Waals surface area contributed by atoms with Crippen molar-refractivity contribution in [2.45, 2.75) is 6.43 Å². The van der Waals surface area contributed by atoms with Crippen LogP contribution in [-0.4, -0.2) is 10.9 Å². The number of nitrogens with zero attached hydrogens (tertiary/aromatic N) is 1. The van der Waals surface area contributed by atoms with Gasteiger partial charge in [-0.2, -0.15) is 4.39 Å². The van der Waals surface area contributed by atoms with Gasteiger partial charge in [-0.25, -0.2) is 13.8 Å². The van der Waals surface area contributed by atoms with E-state index in [1.54, 1.807) is 0 Å². The molecule has 0 aliphatic heterocycles. The molecule has 0 bridgehead atoms. The van der Waals surface area contributed by atoms with Gasteiger partial charge in [-0.15, -0.1) is 0 Å². The second kappa shape index (κ2) is 4.11. The van der Waals surface area contributed by atoms with Crippen LogP contribution in [0.25, 0.3) is 0 Å². The molecule has 0 radical (unpaired) electrons. The lowest BCUT2D eigenvalue weighted by molar-refractivity contribution is 0.0997. The summed E-state index contributed by atoms with van der Waals surface area (Å²) in [5.41, 5.74) is 3.79. The molecule has 1 amide bonds. The number of primary amides is 1. The number of rotatable bonds is 2. The van der Waals surface area contributed by atoms with E-state index in [2.05, 4.69) is 4.98 Å². The molecule has 0 aliphatic carbocycles. The van der Waals surface area contributed by atoms with Gasteiger partial charge in [-0.1, -0.05) is 0 Å². The number of pyridine rings is 1. The van der Waals surface area contributed by atoms with E-state index >= 15 is 0 Å². The van der Waals surface area contributed by atoms with Crippen molar-refractivity contribution in [1.29, 1.82) is 0 Å². The van der Waals surface area contributed by atoms with Crippen molar-refractivity contribution >= 4 is 28.5 Å². The third-order valence-electron chi connectivity index (χ3n) is 1.43. The minimum absolute atomic E-state index is 0.153. The lowest BCUT2D eigenvalue weighted by Crippen LogP contribution is -2.15. The maximum Gasteiger partial charge on any atom is 0.280 e. The average molecular weight is 316 g/mol. The van der Waals surface area contributed by atoms with Crippen molar-refractivity contribution in [3.63, 3.8) is 0 Å². The Labute approximate surface area is 90.6 Å². The Morgan fingerprint density at radius 2 is 2.14 bits per heavy atom. The number of aromatic nitrogens is 1. The minimum Gasteiger partial charge on any atom is -0.366 e. The molecule has 0 aromatic carbocycles. The van der Waals surface area contributed by atoms with Gasteiger partial charge in [-0.3, -0.25) is 4.79 Å². The van der Waals surface area contributed by atoms with Crippen LogP contribution >= 0.6 is 22.6 Å². The Hall–Kier alpha value is -0.860. The Kier molecular flexibility index (Phi) is 3.29. The molecule has 0 unspecified atom stereocenters. The van der Waals surface area contributed by atoms with Crippen molar-refractivity contribution in [1.82, 2.24) is 4.98 Å². The highest BCUT2D eigenvalue weighted by Crippen LogP contribution is 2.22. The number of hydrogen-bond donors (Lipinski definition) is 1. The third-order valence-corrected chi connectivity index (χ3v) is 2.45. The van der Waals surface area contributed by atoms with Crippen molar-refractivity contribution in [2.75, 3.05) is 0 Å². The van der Waals surface area contributed by atoms with Crippen molar-refractivity contribution in [2.24, 2.45) is 5.73 Å². The normalized spacial score (nSPS) is 10.6. The molecule has 1 heterocycles. The Balaban J connectivity index is 3.35.